The molecule has 0 unspecified atom stereocenters. The highest BCUT2D eigenvalue weighted by atomic mass is 16.5. The van der Waals surface area contributed by atoms with Crippen LogP contribution in [0.4, 0.5) is 0 Å². The Morgan fingerprint density at radius 3 is 2.71 bits per heavy atom. The summed E-state index contributed by atoms with van der Waals surface area (Å²) in [5.74, 6) is -1.30. The molecular formula is C19H21NO4. The third-order valence-electron chi connectivity index (χ3n) is 4.43. The molecule has 0 amide bonds. The van der Waals surface area contributed by atoms with E-state index in [-0.39, 0.29) is 11.5 Å². The molecule has 1 aromatic heterocycles. The second kappa shape index (κ2) is 6.51. The van der Waals surface area contributed by atoms with E-state index in [9.17, 15) is 14.7 Å². The highest BCUT2D eigenvalue weighted by Crippen LogP contribution is 2.33. The molecule has 1 aliphatic rings. The number of carbonyl (C=O) groups is 2. The molecule has 1 aliphatic heterocycles. The predicted molar refractivity (Wildman–Crippen MR) is 90.5 cm³/mol. The first-order valence-corrected chi connectivity index (χ1v) is 8.26. The Morgan fingerprint density at radius 1 is 1.21 bits per heavy atom. The maximum absolute atomic E-state index is 12.3. The van der Waals surface area contributed by atoms with E-state index in [0.29, 0.717) is 17.7 Å². The molecule has 5 nitrogen and oxygen atoms in total. The van der Waals surface area contributed by atoms with Crippen LogP contribution in [0.3, 0.4) is 0 Å². The second-order valence-corrected chi connectivity index (χ2v) is 6.07. The van der Waals surface area contributed by atoms with Crippen LogP contribution in [0.25, 0.3) is 11.3 Å². The van der Waals surface area contributed by atoms with Crippen molar-refractivity contribution in [2.45, 2.75) is 39.7 Å². The van der Waals surface area contributed by atoms with E-state index in [0.717, 1.165) is 42.8 Å². The minimum Gasteiger partial charge on any atom is -0.478 e. The van der Waals surface area contributed by atoms with Gasteiger partial charge in [-0.3, -0.25) is 0 Å². The van der Waals surface area contributed by atoms with Crippen LogP contribution in [0.5, 0.6) is 0 Å². The lowest BCUT2D eigenvalue weighted by Gasteiger charge is -2.19. The Morgan fingerprint density at radius 2 is 2.00 bits per heavy atom. The number of carbonyl (C=O) groups excluding carboxylic acids is 1. The molecule has 0 fully saturated rings. The van der Waals surface area contributed by atoms with Gasteiger partial charge in [-0.25, -0.2) is 9.59 Å². The fourth-order valence-electron chi connectivity index (χ4n) is 3.34. The summed E-state index contributed by atoms with van der Waals surface area (Å²) >= 11 is 0. The minimum absolute atomic E-state index is 0.252. The van der Waals surface area contributed by atoms with Crippen molar-refractivity contribution in [3.05, 3.63) is 46.6 Å². The van der Waals surface area contributed by atoms with Gasteiger partial charge in [-0.1, -0.05) is 11.6 Å². The van der Waals surface area contributed by atoms with Gasteiger partial charge in [0, 0.05) is 23.5 Å². The van der Waals surface area contributed by atoms with Gasteiger partial charge < -0.3 is 14.4 Å². The fourth-order valence-corrected chi connectivity index (χ4v) is 3.34. The van der Waals surface area contributed by atoms with Crippen LogP contribution in [0.1, 0.15) is 51.7 Å². The fraction of sp³-hybridized carbons (Fsp3) is 0.368. The van der Waals surface area contributed by atoms with Crippen molar-refractivity contribution in [1.29, 1.82) is 0 Å². The topological polar surface area (TPSA) is 68.5 Å². The molecule has 2 heterocycles. The molecule has 24 heavy (non-hydrogen) atoms. The number of carboxylic acid groups (broad SMARTS) is 1. The van der Waals surface area contributed by atoms with E-state index in [4.69, 9.17) is 4.74 Å². The van der Waals surface area contributed by atoms with Crippen molar-refractivity contribution in [1.82, 2.24) is 4.57 Å². The largest absolute Gasteiger partial charge is 0.478 e. The number of aryl methyl sites for hydroxylation is 1. The Labute approximate surface area is 140 Å². The molecule has 0 saturated heterocycles. The summed E-state index contributed by atoms with van der Waals surface area (Å²) in [6.07, 6.45) is 2.85. The van der Waals surface area contributed by atoms with Crippen LogP contribution in [-0.2, 0) is 17.7 Å². The number of benzene rings is 1. The second-order valence-electron chi connectivity index (χ2n) is 6.07. The van der Waals surface area contributed by atoms with Gasteiger partial charge in [-0.2, -0.15) is 0 Å². The van der Waals surface area contributed by atoms with Gasteiger partial charge in [-0.05, 0) is 51.3 Å². The monoisotopic (exact) mass is 327 g/mol. The number of aromatic carboxylic acids is 1. The summed E-state index contributed by atoms with van der Waals surface area (Å²) in [6, 6.07) is 7.08. The van der Waals surface area contributed by atoms with Crippen LogP contribution in [-0.4, -0.2) is 28.2 Å². The van der Waals surface area contributed by atoms with Crippen molar-refractivity contribution >= 4 is 11.9 Å². The number of hydrogen-bond acceptors (Lipinski definition) is 3. The third-order valence-corrected chi connectivity index (χ3v) is 4.43. The molecule has 0 atom stereocenters. The van der Waals surface area contributed by atoms with Crippen molar-refractivity contribution in [2.24, 2.45) is 0 Å². The number of ether oxygens (including phenoxy) is 1. The van der Waals surface area contributed by atoms with Crippen LogP contribution < -0.4 is 0 Å². The van der Waals surface area contributed by atoms with Gasteiger partial charge in [-0.15, -0.1) is 0 Å². The summed E-state index contributed by atoms with van der Waals surface area (Å²) in [5.41, 5.74) is 4.19. The number of hydrogen-bond donors (Lipinski definition) is 1. The molecule has 0 bridgehead atoms. The molecule has 0 saturated carbocycles. The zero-order chi connectivity index (χ0) is 17.3. The van der Waals surface area contributed by atoms with E-state index < -0.39 is 5.97 Å². The van der Waals surface area contributed by atoms with Crippen LogP contribution >= 0.6 is 0 Å². The van der Waals surface area contributed by atoms with Crippen LogP contribution in [0.15, 0.2) is 24.3 Å². The predicted octanol–water partition coefficient (Wildman–Crippen LogP) is 3.67. The van der Waals surface area contributed by atoms with E-state index in [2.05, 4.69) is 4.57 Å². The normalized spacial score (nSPS) is 13.4. The van der Waals surface area contributed by atoms with E-state index >= 15 is 0 Å². The van der Waals surface area contributed by atoms with Gasteiger partial charge >= 0.3 is 11.9 Å². The van der Waals surface area contributed by atoms with Crippen molar-refractivity contribution in [2.75, 3.05) is 6.61 Å². The van der Waals surface area contributed by atoms with E-state index in [1.807, 2.05) is 13.0 Å². The van der Waals surface area contributed by atoms with Crippen LogP contribution in [0, 0.1) is 6.92 Å². The minimum atomic E-state index is -0.964. The summed E-state index contributed by atoms with van der Waals surface area (Å²) in [5, 5.41) is 9.52. The lowest BCUT2D eigenvalue weighted by Crippen LogP contribution is -2.15. The first kappa shape index (κ1) is 16.3. The molecule has 2 aromatic rings. The average Bonchev–Trinajstić information content (AvgIpc) is 2.94. The third kappa shape index (κ3) is 2.82. The van der Waals surface area contributed by atoms with Crippen molar-refractivity contribution in [3.8, 4) is 11.3 Å². The number of fused-ring (bicyclic) bond motifs is 1. The molecule has 3 rings (SSSR count). The van der Waals surface area contributed by atoms with Crippen molar-refractivity contribution < 1.29 is 19.4 Å². The molecular weight excluding hydrogens is 306 g/mol. The first-order chi connectivity index (χ1) is 11.5. The lowest BCUT2D eigenvalue weighted by atomic mass is 10.0. The Kier molecular flexibility index (Phi) is 4.42. The first-order valence-electron chi connectivity index (χ1n) is 8.26. The molecule has 0 aliphatic carbocycles. The highest BCUT2D eigenvalue weighted by molar-refractivity contribution is 5.98. The highest BCUT2D eigenvalue weighted by Gasteiger charge is 2.25. The van der Waals surface area contributed by atoms with Gasteiger partial charge in [0.2, 0.25) is 0 Å². The standard InChI is InChI=1S/C19H21NO4/c1-3-24-19(23)15-11-17(20-9-5-4-6-16(15)20)14-10-12(2)7-8-13(14)18(21)22/h7-8,10-11H,3-6,9H2,1-2H3,(H,21,22). The maximum Gasteiger partial charge on any atom is 0.339 e. The quantitative estimate of drug-likeness (QED) is 0.870. The van der Waals surface area contributed by atoms with Gasteiger partial charge in [0.05, 0.1) is 17.7 Å². The lowest BCUT2D eigenvalue weighted by molar-refractivity contribution is 0.0524. The van der Waals surface area contributed by atoms with E-state index in [1.54, 1.807) is 25.1 Å². The van der Waals surface area contributed by atoms with Gasteiger partial charge in [0.15, 0.2) is 0 Å². The number of carboxylic acids is 1. The Bertz CT molecular complexity index is 804. The Balaban J connectivity index is 2.21. The summed E-state index contributed by atoms with van der Waals surface area (Å²) < 4.78 is 7.26. The van der Waals surface area contributed by atoms with Crippen LogP contribution in [0.2, 0.25) is 0 Å². The zero-order valence-electron chi connectivity index (χ0n) is 14.0. The molecule has 1 aromatic carbocycles. The average molecular weight is 327 g/mol. The maximum atomic E-state index is 12.3. The van der Waals surface area contributed by atoms with Gasteiger partial charge in [0.1, 0.15) is 0 Å². The number of rotatable bonds is 4. The molecule has 126 valence electrons. The zero-order valence-corrected chi connectivity index (χ0v) is 14.0. The molecule has 1 N–H and O–H groups in total. The van der Waals surface area contributed by atoms with Crippen molar-refractivity contribution in [3.63, 3.8) is 0 Å². The Hall–Kier alpha value is -2.56. The smallest absolute Gasteiger partial charge is 0.339 e. The summed E-state index contributed by atoms with van der Waals surface area (Å²) in [7, 11) is 0. The van der Waals surface area contributed by atoms with E-state index in [1.165, 1.54) is 0 Å². The number of aromatic nitrogens is 1. The van der Waals surface area contributed by atoms with Gasteiger partial charge in [0.25, 0.3) is 0 Å². The number of esters is 1. The molecule has 0 spiro atoms. The molecule has 0 radical (unpaired) electrons. The summed E-state index contributed by atoms with van der Waals surface area (Å²) in [6.45, 7) is 4.83. The SMILES string of the molecule is CCOC(=O)c1cc(-c2cc(C)ccc2C(=O)O)n2c1CCCC2. The number of nitrogens with zero attached hydrogens (tertiary/aromatic N) is 1. The molecule has 5 heteroatoms. The summed E-state index contributed by atoms with van der Waals surface area (Å²) in [4.78, 5) is 23.9.